The highest BCUT2D eigenvalue weighted by Crippen LogP contribution is 2.09. The Bertz CT molecular complexity index is 652. The summed E-state index contributed by atoms with van der Waals surface area (Å²) in [6.07, 6.45) is 9.48. The first-order chi connectivity index (χ1) is 10.7. The first-order valence-electron chi connectivity index (χ1n) is 7.89. The molecule has 0 spiro atoms. The molecule has 1 unspecified atom stereocenters. The summed E-state index contributed by atoms with van der Waals surface area (Å²) >= 11 is 0. The molecular weight excluding hydrogens is 274 g/mol. The Morgan fingerprint density at radius 1 is 1.27 bits per heavy atom. The van der Waals surface area contributed by atoms with Crippen LogP contribution in [0.4, 0.5) is 0 Å². The van der Waals surface area contributed by atoms with Crippen LogP contribution in [-0.4, -0.2) is 21.9 Å². The Labute approximate surface area is 131 Å². The fourth-order valence-corrected chi connectivity index (χ4v) is 2.28. The van der Waals surface area contributed by atoms with E-state index in [2.05, 4.69) is 22.2 Å². The number of nitrogens with zero attached hydrogens (tertiary/aromatic N) is 2. The summed E-state index contributed by atoms with van der Waals surface area (Å²) in [4.78, 5) is 20.7. The van der Waals surface area contributed by atoms with Crippen molar-refractivity contribution in [2.45, 2.75) is 45.6 Å². The van der Waals surface area contributed by atoms with E-state index in [4.69, 9.17) is 0 Å². The fourth-order valence-electron chi connectivity index (χ4n) is 2.28. The van der Waals surface area contributed by atoms with E-state index >= 15 is 0 Å². The van der Waals surface area contributed by atoms with Crippen molar-refractivity contribution in [1.29, 1.82) is 0 Å². The lowest BCUT2D eigenvalue weighted by Gasteiger charge is -2.11. The van der Waals surface area contributed by atoms with Crippen LogP contribution >= 0.6 is 0 Å². The zero-order valence-corrected chi connectivity index (χ0v) is 13.2. The molecule has 1 atom stereocenters. The second-order valence-corrected chi connectivity index (χ2v) is 5.52. The van der Waals surface area contributed by atoms with Crippen LogP contribution in [0.3, 0.4) is 0 Å². The van der Waals surface area contributed by atoms with E-state index in [1.165, 1.54) is 18.9 Å². The van der Waals surface area contributed by atoms with E-state index in [-0.39, 0.29) is 11.9 Å². The Hall–Kier alpha value is -2.23. The van der Waals surface area contributed by atoms with Crippen LogP contribution in [-0.2, 0) is 4.79 Å². The van der Waals surface area contributed by atoms with Gasteiger partial charge in [0.2, 0.25) is 5.91 Å². The number of aromatic nitrogens is 2. The van der Waals surface area contributed by atoms with Crippen molar-refractivity contribution in [3.63, 3.8) is 0 Å². The highest BCUT2D eigenvalue weighted by molar-refractivity contribution is 5.91. The maximum Gasteiger partial charge on any atom is 0.244 e. The molecule has 22 heavy (non-hydrogen) atoms. The van der Waals surface area contributed by atoms with Gasteiger partial charge in [0, 0.05) is 12.1 Å². The summed E-state index contributed by atoms with van der Waals surface area (Å²) in [6, 6.07) is 7.89. The lowest BCUT2D eigenvalue weighted by Crippen LogP contribution is -2.30. The molecule has 0 radical (unpaired) electrons. The van der Waals surface area contributed by atoms with Crippen molar-refractivity contribution in [3.05, 3.63) is 42.2 Å². The lowest BCUT2D eigenvalue weighted by atomic mass is 10.1. The van der Waals surface area contributed by atoms with Crippen LogP contribution in [0.5, 0.6) is 0 Å². The zero-order chi connectivity index (χ0) is 15.8. The molecule has 1 aromatic carbocycles. The Kier molecular flexibility index (Phi) is 6.07. The number of carbonyl (C=O) groups is 1. The molecule has 4 heteroatoms. The molecule has 2 aromatic rings. The Morgan fingerprint density at radius 2 is 2.05 bits per heavy atom. The molecule has 1 amide bonds. The van der Waals surface area contributed by atoms with Crippen molar-refractivity contribution < 1.29 is 4.79 Å². The van der Waals surface area contributed by atoms with E-state index in [0.29, 0.717) is 5.69 Å². The zero-order valence-electron chi connectivity index (χ0n) is 13.2. The maximum absolute atomic E-state index is 11.9. The third kappa shape index (κ3) is 4.95. The normalized spacial score (nSPS) is 12.6. The van der Waals surface area contributed by atoms with Gasteiger partial charge in [-0.2, -0.15) is 0 Å². The van der Waals surface area contributed by atoms with Gasteiger partial charge in [0.05, 0.1) is 22.9 Å². The predicted octanol–water partition coefficient (Wildman–Crippen LogP) is 3.73. The van der Waals surface area contributed by atoms with Crippen LogP contribution in [0.15, 0.2) is 36.5 Å². The molecule has 2 rings (SSSR count). The SMILES string of the molecule is CCCCCC(C)NC(=O)/C=C/c1cnc2ccccc2n1. The predicted molar refractivity (Wildman–Crippen MR) is 90.3 cm³/mol. The van der Waals surface area contributed by atoms with Crippen LogP contribution in [0.2, 0.25) is 0 Å². The number of nitrogens with one attached hydrogen (secondary N) is 1. The average Bonchev–Trinajstić information content (AvgIpc) is 2.53. The van der Waals surface area contributed by atoms with Crippen LogP contribution < -0.4 is 5.32 Å². The molecule has 0 aliphatic heterocycles. The van der Waals surface area contributed by atoms with Gasteiger partial charge in [-0.05, 0) is 31.6 Å². The van der Waals surface area contributed by atoms with E-state index in [1.807, 2.05) is 31.2 Å². The number of hydrogen-bond donors (Lipinski definition) is 1. The molecule has 1 heterocycles. The van der Waals surface area contributed by atoms with Crippen molar-refractivity contribution in [2.24, 2.45) is 0 Å². The standard InChI is InChI=1S/C18H23N3O/c1-3-4-5-8-14(2)20-18(22)12-11-15-13-19-16-9-6-7-10-17(16)21-15/h6-7,9-14H,3-5,8H2,1-2H3,(H,20,22)/b12-11+. The van der Waals surface area contributed by atoms with Gasteiger partial charge >= 0.3 is 0 Å². The molecule has 0 bridgehead atoms. The van der Waals surface area contributed by atoms with Gasteiger partial charge in [-0.1, -0.05) is 38.3 Å². The quantitative estimate of drug-likeness (QED) is 0.626. The van der Waals surface area contributed by atoms with E-state index in [1.54, 1.807) is 12.3 Å². The van der Waals surface area contributed by atoms with Crippen molar-refractivity contribution in [1.82, 2.24) is 15.3 Å². The number of fused-ring (bicyclic) bond motifs is 1. The Balaban J connectivity index is 1.90. The number of carbonyl (C=O) groups excluding carboxylic acids is 1. The molecule has 0 saturated heterocycles. The van der Waals surface area contributed by atoms with E-state index in [9.17, 15) is 4.79 Å². The first kappa shape index (κ1) is 16.1. The fraction of sp³-hybridized carbons (Fsp3) is 0.389. The van der Waals surface area contributed by atoms with Gasteiger partial charge in [0.25, 0.3) is 0 Å². The topological polar surface area (TPSA) is 54.9 Å². The number of rotatable bonds is 7. The third-order valence-electron chi connectivity index (χ3n) is 3.50. The minimum atomic E-state index is -0.0843. The molecule has 1 N–H and O–H groups in total. The van der Waals surface area contributed by atoms with Crippen molar-refractivity contribution >= 4 is 23.0 Å². The van der Waals surface area contributed by atoms with Gasteiger partial charge < -0.3 is 5.32 Å². The molecule has 0 aliphatic rings. The van der Waals surface area contributed by atoms with Crippen molar-refractivity contribution in [2.75, 3.05) is 0 Å². The molecule has 0 fully saturated rings. The molecule has 0 saturated carbocycles. The summed E-state index contributed by atoms with van der Waals surface area (Å²) in [5.41, 5.74) is 2.37. The van der Waals surface area contributed by atoms with Crippen LogP contribution in [0, 0.1) is 0 Å². The third-order valence-corrected chi connectivity index (χ3v) is 3.50. The molecule has 0 aliphatic carbocycles. The Morgan fingerprint density at radius 3 is 2.82 bits per heavy atom. The molecular formula is C18H23N3O. The largest absolute Gasteiger partial charge is 0.350 e. The summed E-state index contributed by atoms with van der Waals surface area (Å²) < 4.78 is 0. The number of amides is 1. The molecule has 116 valence electrons. The number of benzene rings is 1. The second-order valence-electron chi connectivity index (χ2n) is 5.52. The number of unbranched alkanes of at least 4 members (excludes halogenated alkanes) is 2. The van der Waals surface area contributed by atoms with Gasteiger partial charge in [0.15, 0.2) is 0 Å². The molecule has 4 nitrogen and oxygen atoms in total. The van der Waals surface area contributed by atoms with Crippen LogP contribution in [0.25, 0.3) is 17.1 Å². The van der Waals surface area contributed by atoms with E-state index < -0.39 is 0 Å². The average molecular weight is 297 g/mol. The summed E-state index contributed by atoms with van der Waals surface area (Å²) in [5.74, 6) is -0.0843. The van der Waals surface area contributed by atoms with Gasteiger partial charge in [-0.25, -0.2) is 4.98 Å². The summed E-state index contributed by atoms with van der Waals surface area (Å²) in [6.45, 7) is 4.22. The van der Waals surface area contributed by atoms with Crippen LogP contribution in [0.1, 0.15) is 45.2 Å². The highest BCUT2D eigenvalue weighted by atomic mass is 16.1. The van der Waals surface area contributed by atoms with Crippen molar-refractivity contribution in [3.8, 4) is 0 Å². The van der Waals surface area contributed by atoms with E-state index in [0.717, 1.165) is 23.9 Å². The highest BCUT2D eigenvalue weighted by Gasteiger charge is 2.04. The summed E-state index contributed by atoms with van der Waals surface area (Å²) in [5, 5.41) is 2.97. The van der Waals surface area contributed by atoms with Gasteiger partial charge in [0.1, 0.15) is 0 Å². The number of hydrogen-bond acceptors (Lipinski definition) is 3. The maximum atomic E-state index is 11.9. The monoisotopic (exact) mass is 297 g/mol. The second kappa shape index (κ2) is 8.27. The van der Waals surface area contributed by atoms with Gasteiger partial charge in [-0.3, -0.25) is 9.78 Å². The minimum absolute atomic E-state index is 0.0843. The smallest absolute Gasteiger partial charge is 0.244 e. The lowest BCUT2D eigenvalue weighted by molar-refractivity contribution is -0.117. The first-order valence-corrected chi connectivity index (χ1v) is 7.89. The number of para-hydroxylation sites is 2. The molecule has 1 aromatic heterocycles. The summed E-state index contributed by atoms with van der Waals surface area (Å²) in [7, 11) is 0. The van der Waals surface area contributed by atoms with Gasteiger partial charge in [-0.15, -0.1) is 0 Å². The minimum Gasteiger partial charge on any atom is -0.350 e.